The normalized spacial score (nSPS) is 21.0. The van der Waals surface area contributed by atoms with E-state index < -0.39 is 35.8 Å². The molecule has 9 heteroatoms. The van der Waals surface area contributed by atoms with Gasteiger partial charge in [-0.05, 0) is 42.8 Å². The molecule has 3 atom stereocenters. The van der Waals surface area contributed by atoms with Crippen LogP contribution in [0.1, 0.15) is 27.5 Å². The molecular weight excluding hydrogens is 464 g/mol. The topological polar surface area (TPSA) is 106 Å². The van der Waals surface area contributed by atoms with Crippen molar-refractivity contribution in [2.45, 2.75) is 19.1 Å². The van der Waals surface area contributed by atoms with E-state index in [0.717, 1.165) is 10.5 Å². The first-order chi connectivity index (χ1) is 17.4. The maximum absolute atomic E-state index is 13.8. The Hall–Kier alpha value is -4.37. The van der Waals surface area contributed by atoms with Gasteiger partial charge in [0, 0.05) is 0 Å². The number of benzene rings is 3. The van der Waals surface area contributed by atoms with Gasteiger partial charge in [-0.1, -0.05) is 42.0 Å². The Kier molecular flexibility index (Phi) is 5.85. The first-order valence-electron chi connectivity index (χ1n) is 11.3. The molecule has 36 heavy (non-hydrogen) atoms. The zero-order chi connectivity index (χ0) is 25.6. The highest BCUT2D eigenvalue weighted by Crippen LogP contribution is 2.50. The van der Waals surface area contributed by atoms with Crippen LogP contribution in [0.25, 0.3) is 0 Å². The van der Waals surface area contributed by atoms with Crippen molar-refractivity contribution in [1.29, 1.82) is 0 Å². The second-order valence-electron chi connectivity index (χ2n) is 8.58. The van der Waals surface area contributed by atoms with E-state index in [1.54, 1.807) is 48.5 Å². The Labute approximate surface area is 207 Å². The number of ether oxygens (including phenoxy) is 2. The third-order valence-corrected chi connectivity index (χ3v) is 6.53. The van der Waals surface area contributed by atoms with Gasteiger partial charge in [-0.25, -0.2) is 14.8 Å². The van der Waals surface area contributed by atoms with Crippen LogP contribution in [-0.4, -0.2) is 43.2 Å². The minimum atomic E-state index is -1.26. The number of carboxylic acid groups (broad SMARTS) is 1. The predicted octanol–water partition coefficient (Wildman–Crippen LogP) is 3.76. The molecule has 184 valence electrons. The van der Waals surface area contributed by atoms with Crippen LogP contribution >= 0.6 is 0 Å². The van der Waals surface area contributed by atoms with Crippen molar-refractivity contribution in [3.8, 4) is 11.5 Å². The molecular formula is C27H24N2O7. The zero-order valence-corrected chi connectivity index (χ0v) is 19.9. The molecule has 5 rings (SSSR count). The van der Waals surface area contributed by atoms with Crippen molar-refractivity contribution in [3.05, 3.63) is 83.4 Å². The van der Waals surface area contributed by atoms with E-state index >= 15 is 0 Å². The SMILES string of the molecule is COc1ccc([C@@H]2[C@@H]3C(=O)N(c4ccc(C)cc4)C(=O)[C@H]3ON2c2ccccc2)c(C(=O)O)c1OC. The van der Waals surface area contributed by atoms with Gasteiger partial charge in [-0.3, -0.25) is 14.4 Å². The number of hydrogen-bond acceptors (Lipinski definition) is 7. The fourth-order valence-electron chi connectivity index (χ4n) is 4.89. The number of anilines is 2. The largest absolute Gasteiger partial charge is 0.493 e. The molecule has 0 spiro atoms. The summed E-state index contributed by atoms with van der Waals surface area (Å²) in [5.41, 5.74) is 2.10. The number of aryl methyl sites for hydroxylation is 1. The van der Waals surface area contributed by atoms with E-state index in [-0.39, 0.29) is 22.6 Å². The molecule has 0 aromatic heterocycles. The van der Waals surface area contributed by atoms with Crippen LogP contribution < -0.4 is 19.4 Å². The van der Waals surface area contributed by atoms with Crippen LogP contribution in [0.2, 0.25) is 0 Å². The molecule has 2 aliphatic heterocycles. The number of carbonyl (C=O) groups excluding carboxylic acids is 2. The summed E-state index contributed by atoms with van der Waals surface area (Å²) in [5.74, 6) is -2.97. The molecule has 9 nitrogen and oxygen atoms in total. The lowest BCUT2D eigenvalue weighted by molar-refractivity contribution is -0.126. The van der Waals surface area contributed by atoms with Crippen LogP contribution in [0.5, 0.6) is 11.5 Å². The number of methoxy groups -OCH3 is 2. The van der Waals surface area contributed by atoms with E-state index in [0.29, 0.717) is 11.4 Å². The van der Waals surface area contributed by atoms with Gasteiger partial charge in [0.25, 0.3) is 5.91 Å². The van der Waals surface area contributed by atoms with Crippen molar-refractivity contribution < 1.29 is 33.8 Å². The second-order valence-corrected chi connectivity index (χ2v) is 8.58. The molecule has 0 unspecified atom stereocenters. The molecule has 0 bridgehead atoms. The van der Waals surface area contributed by atoms with Gasteiger partial charge in [-0.2, -0.15) is 0 Å². The third-order valence-electron chi connectivity index (χ3n) is 6.53. The standard InChI is InChI=1S/C27H24N2O7/c1-15-9-11-16(12-10-15)28-25(30)21-22(18-13-14-19(34-2)23(35-3)20(18)27(32)33)29(36-24(21)26(28)31)17-7-5-4-6-8-17/h4-14,21-22,24H,1-3H3,(H,32,33)/t21-,22+,24-/m0/s1. The minimum absolute atomic E-state index is 0.0196. The quantitative estimate of drug-likeness (QED) is 0.523. The molecule has 2 amide bonds. The average Bonchev–Trinajstić information content (AvgIpc) is 3.39. The summed E-state index contributed by atoms with van der Waals surface area (Å²) in [6.07, 6.45) is -1.13. The first-order valence-corrected chi connectivity index (χ1v) is 11.3. The molecule has 3 aromatic rings. The summed E-state index contributed by atoms with van der Waals surface area (Å²) in [6.45, 7) is 1.91. The number of carbonyl (C=O) groups is 3. The molecule has 3 aromatic carbocycles. The molecule has 0 saturated carbocycles. The highest BCUT2D eigenvalue weighted by Gasteiger charge is 2.61. The fourth-order valence-corrected chi connectivity index (χ4v) is 4.89. The highest BCUT2D eigenvalue weighted by molar-refractivity contribution is 6.24. The van der Waals surface area contributed by atoms with Gasteiger partial charge in [-0.15, -0.1) is 0 Å². The van der Waals surface area contributed by atoms with Crippen molar-refractivity contribution in [2.75, 3.05) is 24.2 Å². The average molecular weight is 488 g/mol. The van der Waals surface area contributed by atoms with Gasteiger partial charge in [0.05, 0.1) is 31.6 Å². The Morgan fingerprint density at radius 1 is 0.889 bits per heavy atom. The summed E-state index contributed by atoms with van der Waals surface area (Å²) in [4.78, 5) is 47.0. The number of aromatic carboxylic acids is 1. The fraction of sp³-hybridized carbons (Fsp3) is 0.222. The van der Waals surface area contributed by atoms with Crippen LogP contribution in [0.15, 0.2) is 66.7 Å². The molecule has 1 N–H and O–H groups in total. The van der Waals surface area contributed by atoms with E-state index in [4.69, 9.17) is 14.3 Å². The van der Waals surface area contributed by atoms with Crippen molar-refractivity contribution in [2.24, 2.45) is 5.92 Å². The summed E-state index contributed by atoms with van der Waals surface area (Å²) in [6, 6.07) is 18.2. The third kappa shape index (κ3) is 3.56. The number of carboxylic acids is 1. The van der Waals surface area contributed by atoms with Crippen LogP contribution in [0, 0.1) is 12.8 Å². The maximum Gasteiger partial charge on any atom is 0.339 e. The van der Waals surface area contributed by atoms with Gasteiger partial charge in [0.1, 0.15) is 11.5 Å². The van der Waals surface area contributed by atoms with Gasteiger partial charge >= 0.3 is 5.97 Å². The smallest absolute Gasteiger partial charge is 0.339 e. The number of nitrogens with zero attached hydrogens (tertiary/aromatic N) is 2. The summed E-state index contributed by atoms with van der Waals surface area (Å²) in [5, 5.41) is 11.6. The maximum atomic E-state index is 13.8. The number of amides is 2. The Balaban J connectivity index is 1.68. The van der Waals surface area contributed by atoms with Gasteiger partial charge in [0.15, 0.2) is 17.6 Å². The van der Waals surface area contributed by atoms with Gasteiger partial charge in [0.2, 0.25) is 5.91 Å². The van der Waals surface area contributed by atoms with E-state index in [2.05, 4.69) is 0 Å². The predicted molar refractivity (Wildman–Crippen MR) is 130 cm³/mol. The monoisotopic (exact) mass is 488 g/mol. The van der Waals surface area contributed by atoms with E-state index in [9.17, 15) is 19.5 Å². The number of fused-ring (bicyclic) bond motifs is 1. The Morgan fingerprint density at radius 3 is 2.19 bits per heavy atom. The number of imide groups is 1. The van der Waals surface area contributed by atoms with Crippen molar-refractivity contribution in [3.63, 3.8) is 0 Å². The summed E-state index contributed by atoms with van der Waals surface area (Å²) >= 11 is 0. The summed E-state index contributed by atoms with van der Waals surface area (Å²) in [7, 11) is 2.76. The molecule has 0 aliphatic carbocycles. The number of rotatable bonds is 6. The lowest BCUT2D eigenvalue weighted by Gasteiger charge is -2.30. The summed E-state index contributed by atoms with van der Waals surface area (Å²) < 4.78 is 10.7. The lowest BCUT2D eigenvalue weighted by Crippen LogP contribution is -2.37. The molecule has 0 radical (unpaired) electrons. The number of hydroxylamine groups is 1. The van der Waals surface area contributed by atoms with Crippen LogP contribution in [-0.2, 0) is 14.4 Å². The van der Waals surface area contributed by atoms with Crippen molar-refractivity contribution >= 4 is 29.2 Å². The van der Waals surface area contributed by atoms with Crippen molar-refractivity contribution in [1.82, 2.24) is 0 Å². The number of para-hydroxylation sites is 1. The Bertz CT molecular complexity index is 1340. The van der Waals surface area contributed by atoms with E-state index in [1.165, 1.54) is 19.3 Å². The first kappa shape index (κ1) is 23.4. The second kappa shape index (κ2) is 9.01. The lowest BCUT2D eigenvalue weighted by atomic mass is 9.87. The number of hydrogen-bond donors (Lipinski definition) is 1. The Morgan fingerprint density at radius 2 is 1.58 bits per heavy atom. The molecule has 2 heterocycles. The highest BCUT2D eigenvalue weighted by atomic mass is 16.7. The molecule has 2 fully saturated rings. The van der Waals surface area contributed by atoms with Crippen LogP contribution in [0.4, 0.5) is 11.4 Å². The van der Waals surface area contributed by atoms with Crippen LogP contribution in [0.3, 0.4) is 0 Å². The molecule has 2 aliphatic rings. The van der Waals surface area contributed by atoms with E-state index in [1.807, 2.05) is 25.1 Å². The zero-order valence-electron chi connectivity index (χ0n) is 19.9. The van der Waals surface area contributed by atoms with Gasteiger partial charge < -0.3 is 14.6 Å². The minimum Gasteiger partial charge on any atom is -0.493 e. The molecule has 2 saturated heterocycles.